The van der Waals surface area contributed by atoms with Crippen LogP contribution in [0, 0.1) is 0 Å². The molecule has 1 aliphatic heterocycles. The number of nitrogens with zero attached hydrogens (tertiary/aromatic N) is 1. The van der Waals surface area contributed by atoms with Crippen molar-refractivity contribution in [3.63, 3.8) is 0 Å². The molecule has 1 aromatic heterocycles. The number of halogens is 1. The van der Waals surface area contributed by atoms with Crippen molar-refractivity contribution in [3.05, 3.63) is 20.8 Å². The molecule has 16 heavy (non-hydrogen) atoms. The van der Waals surface area contributed by atoms with Crippen LogP contribution in [0.3, 0.4) is 0 Å². The van der Waals surface area contributed by atoms with Gasteiger partial charge in [-0.05, 0) is 60.8 Å². The second kappa shape index (κ2) is 5.63. The van der Waals surface area contributed by atoms with E-state index < -0.39 is 0 Å². The lowest BCUT2D eigenvalue weighted by molar-refractivity contribution is 0.150. The van der Waals surface area contributed by atoms with Gasteiger partial charge in [0, 0.05) is 23.5 Å². The van der Waals surface area contributed by atoms with Crippen LogP contribution in [0.15, 0.2) is 15.9 Å². The molecule has 2 N–H and O–H groups in total. The average Bonchev–Trinajstić information content (AvgIpc) is 2.63. The van der Waals surface area contributed by atoms with E-state index in [1.54, 1.807) is 0 Å². The van der Waals surface area contributed by atoms with Crippen LogP contribution < -0.4 is 5.73 Å². The molecule has 0 spiro atoms. The first-order valence-electron chi connectivity index (χ1n) is 5.89. The van der Waals surface area contributed by atoms with E-state index in [2.05, 4.69) is 39.9 Å². The van der Waals surface area contributed by atoms with E-state index >= 15 is 0 Å². The molecule has 0 radical (unpaired) electrons. The SMILES string of the molecule is CC1CC(N)CCN1CCc1ccc(Br)s1. The Labute approximate surface area is 110 Å². The lowest BCUT2D eigenvalue weighted by atomic mass is 9.99. The fraction of sp³-hybridized carbons (Fsp3) is 0.667. The van der Waals surface area contributed by atoms with Gasteiger partial charge in [-0.15, -0.1) is 11.3 Å². The normalized spacial score (nSPS) is 27.2. The van der Waals surface area contributed by atoms with Crippen molar-refractivity contribution < 1.29 is 0 Å². The van der Waals surface area contributed by atoms with E-state index in [1.807, 2.05) is 11.3 Å². The van der Waals surface area contributed by atoms with Crippen molar-refractivity contribution in [3.8, 4) is 0 Å². The third kappa shape index (κ3) is 3.29. The third-order valence-electron chi connectivity index (χ3n) is 3.33. The lowest BCUT2D eigenvalue weighted by Gasteiger charge is -2.36. The molecule has 1 fully saturated rings. The summed E-state index contributed by atoms with van der Waals surface area (Å²) in [6.07, 6.45) is 3.46. The van der Waals surface area contributed by atoms with Crippen molar-refractivity contribution in [2.24, 2.45) is 5.73 Å². The summed E-state index contributed by atoms with van der Waals surface area (Å²) in [5.41, 5.74) is 5.97. The van der Waals surface area contributed by atoms with Crippen LogP contribution in [0.5, 0.6) is 0 Å². The first-order valence-corrected chi connectivity index (χ1v) is 7.50. The number of hydrogen-bond acceptors (Lipinski definition) is 3. The van der Waals surface area contributed by atoms with Crippen molar-refractivity contribution in [1.82, 2.24) is 4.90 Å². The average molecular weight is 303 g/mol. The first-order chi connectivity index (χ1) is 7.65. The second-order valence-corrected chi connectivity index (χ2v) is 7.17. The highest BCUT2D eigenvalue weighted by Gasteiger charge is 2.22. The van der Waals surface area contributed by atoms with E-state index in [0.717, 1.165) is 25.8 Å². The van der Waals surface area contributed by atoms with Gasteiger partial charge in [0.15, 0.2) is 0 Å². The van der Waals surface area contributed by atoms with Crippen molar-refractivity contribution >= 4 is 27.3 Å². The zero-order chi connectivity index (χ0) is 11.5. The van der Waals surface area contributed by atoms with Gasteiger partial charge in [-0.25, -0.2) is 0 Å². The fourth-order valence-electron chi connectivity index (χ4n) is 2.33. The highest BCUT2D eigenvalue weighted by atomic mass is 79.9. The van der Waals surface area contributed by atoms with Crippen LogP contribution in [-0.2, 0) is 6.42 Å². The van der Waals surface area contributed by atoms with Crippen molar-refractivity contribution in [1.29, 1.82) is 0 Å². The predicted octanol–water partition coefficient (Wildman–Crippen LogP) is 2.86. The molecule has 2 unspecified atom stereocenters. The Morgan fingerprint density at radius 1 is 1.56 bits per heavy atom. The Morgan fingerprint density at radius 3 is 3.00 bits per heavy atom. The van der Waals surface area contributed by atoms with E-state index in [4.69, 9.17) is 5.73 Å². The van der Waals surface area contributed by atoms with Crippen LogP contribution in [0.1, 0.15) is 24.6 Å². The van der Waals surface area contributed by atoms with Crippen LogP contribution in [0.2, 0.25) is 0 Å². The molecular weight excluding hydrogens is 284 g/mol. The molecule has 1 aromatic rings. The van der Waals surface area contributed by atoms with Gasteiger partial charge in [-0.1, -0.05) is 0 Å². The Morgan fingerprint density at radius 2 is 2.38 bits per heavy atom. The maximum Gasteiger partial charge on any atom is 0.0701 e. The summed E-state index contributed by atoms with van der Waals surface area (Å²) >= 11 is 5.35. The van der Waals surface area contributed by atoms with Crippen LogP contribution in [-0.4, -0.2) is 30.1 Å². The smallest absolute Gasteiger partial charge is 0.0701 e. The lowest BCUT2D eigenvalue weighted by Crippen LogP contribution is -2.46. The quantitative estimate of drug-likeness (QED) is 0.930. The van der Waals surface area contributed by atoms with E-state index in [-0.39, 0.29) is 0 Å². The van der Waals surface area contributed by atoms with Gasteiger partial charge in [-0.2, -0.15) is 0 Å². The molecule has 2 heterocycles. The molecule has 0 saturated carbocycles. The molecule has 2 nitrogen and oxygen atoms in total. The van der Waals surface area contributed by atoms with Gasteiger partial charge in [0.1, 0.15) is 0 Å². The molecule has 1 aliphatic rings. The Balaban J connectivity index is 1.81. The Hall–Kier alpha value is 0.1000. The van der Waals surface area contributed by atoms with E-state index in [9.17, 15) is 0 Å². The van der Waals surface area contributed by atoms with Crippen LogP contribution >= 0.6 is 27.3 Å². The van der Waals surface area contributed by atoms with Gasteiger partial charge in [0.2, 0.25) is 0 Å². The molecule has 2 atom stereocenters. The minimum atomic E-state index is 0.419. The zero-order valence-corrected chi connectivity index (χ0v) is 12.1. The number of piperidine rings is 1. The summed E-state index contributed by atoms with van der Waals surface area (Å²) in [5, 5.41) is 0. The summed E-state index contributed by atoms with van der Waals surface area (Å²) < 4.78 is 1.23. The van der Waals surface area contributed by atoms with Gasteiger partial charge in [0.05, 0.1) is 3.79 Å². The van der Waals surface area contributed by atoms with Crippen molar-refractivity contribution in [2.75, 3.05) is 13.1 Å². The largest absolute Gasteiger partial charge is 0.328 e. The molecule has 0 amide bonds. The zero-order valence-electron chi connectivity index (χ0n) is 9.66. The van der Waals surface area contributed by atoms with Gasteiger partial charge < -0.3 is 10.6 Å². The molecule has 1 saturated heterocycles. The third-order valence-corrected chi connectivity index (χ3v) is 5.01. The minimum absolute atomic E-state index is 0.419. The number of likely N-dealkylation sites (tertiary alicyclic amines) is 1. The highest BCUT2D eigenvalue weighted by molar-refractivity contribution is 9.11. The maximum absolute atomic E-state index is 5.97. The molecule has 0 aromatic carbocycles. The maximum atomic E-state index is 5.97. The fourth-order valence-corrected chi connectivity index (χ4v) is 3.80. The Bertz CT molecular complexity index is 340. The summed E-state index contributed by atoms with van der Waals surface area (Å²) in [4.78, 5) is 4.03. The molecule has 0 aliphatic carbocycles. The van der Waals surface area contributed by atoms with Gasteiger partial charge in [-0.3, -0.25) is 0 Å². The van der Waals surface area contributed by atoms with Crippen LogP contribution in [0.4, 0.5) is 0 Å². The van der Waals surface area contributed by atoms with Crippen molar-refractivity contribution in [2.45, 2.75) is 38.3 Å². The minimum Gasteiger partial charge on any atom is -0.328 e. The summed E-state index contributed by atoms with van der Waals surface area (Å²) in [5.74, 6) is 0. The number of nitrogens with two attached hydrogens (primary N) is 1. The number of thiophene rings is 1. The Kier molecular flexibility index (Phi) is 4.41. The summed E-state index contributed by atoms with van der Waals surface area (Å²) in [6, 6.07) is 5.42. The standard InChI is InChI=1S/C12H19BrN2S/c1-9-8-10(14)4-6-15(9)7-5-11-2-3-12(13)16-11/h2-3,9-10H,4-8,14H2,1H3. The van der Waals surface area contributed by atoms with E-state index in [1.165, 1.54) is 15.2 Å². The molecule has 4 heteroatoms. The molecule has 2 rings (SSSR count). The van der Waals surface area contributed by atoms with E-state index in [0.29, 0.717) is 12.1 Å². The van der Waals surface area contributed by atoms with Crippen LogP contribution in [0.25, 0.3) is 0 Å². The summed E-state index contributed by atoms with van der Waals surface area (Å²) in [7, 11) is 0. The number of hydrogen-bond donors (Lipinski definition) is 1. The predicted molar refractivity (Wildman–Crippen MR) is 74.0 cm³/mol. The highest BCUT2D eigenvalue weighted by Crippen LogP contribution is 2.23. The second-order valence-electron chi connectivity index (χ2n) is 4.63. The topological polar surface area (TPSA) is 29.3 Å². The van der Waals surface area contributed by atoms with Gasteiger partial charge in [0.25, 0.3) is 0 Å². The molecular formula is C12H19BrN2S. The molecule has 90 valence electrons. The number of rotatable bonds is 3. The summed E-state index contributed by atoms with van der Waals surface area (Å²) in [6.45, 7) is 4.62. The molecule has 0 bridgehead atoms. The first kappa shape index (κ1) is 12.6. The van der Waals surface area contributed by atoms with Gasteiger partial charge >= 0.3 is 0 Å². The monoisotopic (exact) mass is 302 g/mol.